The van der Waals surface area contributed by atoms with Crippen LogP contribution >= 0.6 is 0 Å². The summed E-state index contributed by atoms with van der Waals surface area (Å²) in [5, 5.41) is 10.7. The number of aromatic nitrogens is 3. The molecule has 128 valence electrons. The summed E-state index contributed by atoms with van der Waals surface area (Å²) in [5.74, 6) is -0.00623. The van der Waals surface area contributed by atoms with Crippen molar-refractivity contribution in [3.05, 3.63) is 53.9 Å². The first-order valence-electron chi connectivity index (χ1n) is 8.44. The average molecular weight is 337 g/mol. The maximum Gasteiger partial charge on any atom is 0.242 e. The Labute approximate surface area is 145 Å². The van der Waals surface area contributed by atoms with Crippen LogP contribution in [0, 0.1) is 0 Å². The van der Waals surface area contributed by atoms with E-state index in [0.29, 0.717) is 17.6 Å². The standard InChI is InChI=1S/C18H19N5O2/c24-18(20-11-13-5-6-15-16(10-13)22-25-21-15)17(23-8-1-2-9-23)14-4-3-7-19-12-14/h3-7,10,12,17H,1-2,8-9,11H2,(H,20,24)/t17-/m0/s1. The van der Waals surface area contributed by atoms with Crippen LogP contribution in [0.15, 0.2) is 47.4 Å². The lowest BCUT2D eigenvalue weighted by Crippen LogP contribution is -2.39. The van der Waals surface area contributed by atoms with Gasteiger partial charge in [-0.3, -0.25) is 14.7 Å². The predicted molar refractivity (Wildman–Crippen MR) is 91.4 cm³/mol. The summed E-state index contributed by atoms with van der Waals surface area (Å²) in [4.78, 5) is 19.3. The maximum absolute atomic E-state index is 12.9. The van der Waals surface area contributed by atoms with E-state index in [4.69, 9.17) is 4.63 Å². The number of nitrogens with zero attached hydrogens (tertiary/aromatic N) is 4. The van der Waals surface area contributed by atoms with Gasteiger partial charge < -0.3 is 5.32 Å². The Hall–Kier alpha value is -2.80. The number of hydrogen-bond donors (Lipinski definition) is 1. The number of benzene rings is 1. The van der Waals surface area contributed by atoms with Crippen LogP contribution in [0.5, 0.6) is 0 Å². The summed E-state index contributed by atoms with van der Waals surface area (Å²) in [6, 6.07) is 9.17. The Morgan fingerprint density at radius 2 is 2.04 bits per heavy atom. The molecular weight excluding hydrogens is 318 g/mol. The van der Waals surface area contributed by atoms with Crippen molar-refractivity contribution in [1.29, 1.82) is 0 Å². The zero-order valence-electron chi connectivity index (χ0n) is 13.8. The van der Waals surface area contributed by atoms with Gasteiger partial charge in [-0.05, 0) is 65.6 Å². The van der Waals surface area contributed by atoms with Crippen LogP contribution in [0.25, 0.3) is 11.0 Å². The molecule has 0 bridgehead atoms. The van der Waals surface area contributed by atoms with Crippen LogP contribution in [-0.2, 0) is 11.3 Å². The van der Waals surface area contributed by atoms with Crippen molar-refractivity contribution >= 4 is 16.9 Å². The molecule has 0 radical (unpaired) electrons. The minimum absolute atomic E-state index is 0.00623. The lowest BCUT2D eigenvalue weighted by atomic mass is 10.1. The van der Waals surface area contributed by atoms with E-state index in [1.165, 1.54) is 0 Å². The quantitative estimate of drug-likeness (QED) is 0.767. The van der Waals surface area contributed by atoms with E-state index in [2.05, 4.69) is 25.5 Å². The Balaban J connectivity index is 1.50. The molecule has 1 aliphatic rings. The minimum atomic E-state index is -0.298. The highest BCUT2D eigenvalue weighted by Crippen LogP contribution is 2.25. The Morgan fingerprint density at radius 1 is 1.20 bits per heavy atom. The van der Waals surface area contributed by atoms with Gasteiger partial charge in [0.25, 0.3) is 0 Å². The predicted octanol–water partition coefficient (Wildman–Crippen LogP) is 2.07. The number of amides is 1. The van der Waals surface area contributed by atoms with Crippen molar-refractivity contribution in [2.45, 2.75) is 25.4 Å². The highest BCUT2D eigenvalue weighted by Gasteiger charge is 2.29. The van der Waals surface area contributed by atoms with E-state index in [1.54, 1.807) is 12.4 Å². The van der Waals surface area contributed by atoms with Gasteiger partial charge in [-0.25, -0.2) is 4.63 Å². The number of nitrogens with one attached hydrogen (secondary N) is 1. The van der Waals surface area contributed by atoms with Crippen molar-refractivity contribution in [3.63, 3.8) is 0 Å². The largest absolute Gasteiger partial charge is 0.350 e. The Kier molecular flexibility index (Phi) is 4.39. The van der Waals surface area contributed by atoms with Crippen LogP contribution in [0.1, 0.15) is 30.0 Å². The topological polar surface area (TPSA) is 84.2 Å². The normalized spacial score (nSPS) is 16.2. The van der Waals surface area contributed by atoms with Crippen molar-refractivity contribution in [2.24, 2.45) is 0 Å². The third-order valence-corrected chi connectivity index (χ3v) is 4.54. The van der Waals surface area contributed by atoms with Gasteiger partial charge in [-0.1, -0.05) is 12.1 Å². The highest BCUT2D eigenvalue weighted by molar-refractivity contribution is 5.83. The van der Waals surface area contributed by atoms with Crippen molar-refractivity contribution < 1.29 is 9.42 Å². The van der Waals surface area contributed by atoms with E-state index < -0.39 is 0 Å². The van der Waals surface area contributed by atoms with E-state index >= 15 is 0 Å². The van der Waals surface area contributed by atoms with Gasteiger partial charge in [0.05, 0.1) is 0 Å². The first-order chi connectivity index (χ1) is 12.3. The first-order valence-corrected chi connectivity index (χ1v) is 8.44. The van der Waals surface area contributed by atoms with Gasteiger partial charge in [0.1, 0.15) is 17.1 Å². The molecule has 0 aliphatic carbocycles. The van der Waals surface area contributed by atoms with E-state index in [0.717, 1.165) is 37.1 Å². The second kappa shape index (κ2) is 6.98. The Bertz CT molecular complexity index is 858. The number of likely N-dealkylation sites (tertiary alicyclic amines) is 1. The second-order valence-electron chi connectivity index (χ2n) is 6.24. The molecule has 1 aliphatic heterocycles. The molecule has 3 heterocycles. The highest BCUT2D eigenvalue weighted by atomic mass is 16.6. The summed E-state index contributed by atoms with van der Waals surface area (Å²) in [7, 11) is 0. The van der Waals surface area contributed by atoms with Gasteiger partial charge in [0.15, 0.2) is 0 Å². The zero-order chi connectivity index (χ0) is 17.1. The molecule has 0 spiro atoms. The van der Waals surface area contributed by atoms with Gasteiger partial charge in [-0.15, -0.1) is 0 Å². The molecule has 4 rings (SSSR count). The SMILES string of the molecule is O=C(NCc1ccc2nonc2c1)[C@H](c1cccnc1)N1CCCC1. The van der Waals surface area contributed by atoms with Gasteiger partial charge in [0, 0.05) is 18.9 Å². The summed E-state index contributed by atoms with van der Waals surface area (Å²) in [5.41, 5.74) is 3.29. The molecule has 3 aromatic rings. The average Bonchev–Trinajstić information content (AvgIpc) is 3.32. The maximum atomic E-state index is 12.9. The van der Waals surface area contributed by atoms with Crippen LogP contribution in [0.4, 0.5) is 0 Å². The van der Waals surface area contributed by atoms with Crippen LogP contribution in [-0.4, -0.2) is 39.2 Å². The molecule has 25 heavy (non-hydrogen) atoms. The molecule has 1 aromatic carbocycles. The summed E-state index contributed by atoms with van der Waals surface area (Å²) >= 11 is 0. The third kappa shape index (κ3) is 3.36. The van der Waals surface area contributed by atoms with E-state index in [1.807, 2.05) is 30.3 Å². The number of hydrogen-bond acceptors (Lipinski definition) is 6. The molecule has 7 nitrogen and oxygen atoms in total. The lowest BCUT2D eigenvalue weighted by molar-refractivity contribution is -0.126. The molecule has 1 N–H and O–H groups in total. The molecule has 0 unspecified atom stereocenters. The second-order valence-corrected chi connectivity index (χ2v) is 6.24. The molecule has 7 heteroatoms. The van der Waals surface area contributed by atoms with Gasteiger partial charge in [-0.2, -0.15) is 0 Å². The number of carbonyl (C=O) groups is 1. The number of fused-ring (bicyclic) bond motifs is 1. The molecule has 1 fully saturated rings. The minimum Gasteiger partial charge on any atom is -0.350 e. The molecule has 0 saturated carbocycles. The smallest absolute Gasteiger partial charge is 0.242 e. The molecule has 1 amide bonds. The van der Waals surface area contributed by atoms with Crippen LogP contribution < -0.4 is 5.32 Å². The number of rotatable bonds is 5. The number of carbonyl (C=O) groups excluding carboxylic acids is 1. The molecule has 2 aromatic heterocycles. The van der Waals surface area contributed by atoms with Crippen molar-refractivity contribution in [3.8, 4) is 0 Å². The third-order valence-electron chi connectivity index (χ3n) is 4.54. The zero-order valence-corrected chi connectivity index (χ0v) is 13.8. The Morgan fingerprint density at radius 3 is 2.84 bits per heavy atom. The fraction of sp³-hybridized carbons (Fsp3) is 0.333. The molecule has 1 saturated heterocycles. The number of pyridine rings is 1. The van der Waals surface area contributed by atoms with Gasteiger partial charge in [0.2, 0.25) is 5.91 Å². The summed E-state index contributed by atoms with van der Waals surface area (Å²) < 4.78 is 4.71. The van der Waals surface area contributed by atoms with Crippen LogP contribution in [0.3, 0.4) is 0 Å². The molecular formula is C18H19N5O2. The fourth-order valence-corrected chi connectivity index (χ4v) is 3.29. The first kappa shape index (κ1) is 15.7. The van der Waals surface area contributed by atoms with Crippen LogP contribution in [0.2, 0.25) is 0 Å². The van der Waals surface area contributed by atoms with Crippen molar-refractivity contribution in [1.82, 2.24) is 25.5 Å². The summed E-state index contributed by atoms with van der Waals surface area (Å²) in [6.07, 6.45) is 5.75. The lowest BCUT2D eigenvalue weighted by Gasteiger charge is -2.26. The van der Waals surface area contributed by atoms with E-state index in [9.17, 15) is 4.79 Å². The van der Waals surface area contributed by atoms with Crippen molar-refractivity contribution in [2.75, 3.05) is 13.1 Å². The molecule has 1 atom stereocenters. The summed E-state index contributed by atoms with van der Waals surface area (Å²) in [6.45, 7) is 2.30. The van der Waals surface area contributed by atoms with Gasteiger partial charge >= 0.3 is 0 Å². The monoisotopic (exact) mass is 337 g/mol. The fourth-order valence-electron chi connectivity index (χ4n) is 3.29. The van der Waals surface area contributed by atoms with E-state index in [-0.39, 0.29) is 11.9 Å².